The lowest BCUT2D eigenvalue weighted by atomic mass is 10.0. The van der Waals surface area contributed by atoms with Crippen LogP contribution in [0.3, 0.4) is 0 Å². The summed E-state index contributed by atoms with van der Waals surface area (Å²) < 4.78 is 0. The van der Waals surface area contributed by atoms with Crippen molar-refractivity contribution in [2.45, 2.75) is 19.4 Å². The molecule has 2 heterocycles. The van der Waals surface area contributed by atoms with Crippen LogP contribution in [0, 0.1) is 0 Å². The summed E-state index contributed by atoms with van der Waals surface area (Å²) in [6, 6.07) is 10.4. The summed E-state index contributed by atoms with van der Waals surface area (Å²) in [5, 5.41) is 3.48. The molecule has 2 aromatic heterocycles. The van der Waals surface area contributed by atoms with Gasteiger partial charge in [-0.25, -0.2) is 0 Å². The van der Waals surface area contributed by atoms with Crippen LogP contribution in [-0.2, 0) is 6.42 Å². The van der Waals surface area contributed by atoms with Gasteiger partial charge in [0.2, 0.25) is 0 Å². The van der Waals surface area contributed by atoms with Gasteiger partial charge in [-0.1, -0.05) is 13.0 Å². The molecule has 1 atom stereocenters. The first-order chi connectivity index (χ1) is 8.40. The van der Waals surface area contributed by atoms with E-state index in [0.717, 1.165) is 18.7 Å². The van der Waals surface area contributed by atoms with Gasteiger partial charge < -0.3 is 5.32 Å². The van der Waals surface area contributed by atoms with Crippen molar-refractivity contribution >= 4 is 0 Å². The molecule has 17 heavy (non-hydrogen) atoms. The summed E-state index contributed by atoms with van der Waals surface area (Å²) >= 11 is 0. The Morgan fingerprint density at radius 2 is 1.94 bits per heavy atom. The lowest BCUT2D eigenvalue weighted by Gasteiger charge is -2.17. The fourth-order valence-corrected chi connectivity index (χ4v) is 1.88. The molecule has 0 aliphatic rings. The minimum absolute atomic E-state index is 0.304. The van der Waals surface area contributed by atoms with Crippen molar-refractivity contribution in [1.82, 2.24) is 15.3 Å². The molecule has 1 unspecified atom stereocenters. The average Bonchev–Trinajstić information content (AvgIpc) is 2.40. The Morgan fingerprint density at radius 1 is 1.12 bits per heavy atom. The molecule has 0 bridgehead atoms. The standard InChI is InChI=1S/C14H17N3/c1-2-16-14(12-6-9-15-10-7-12)11-13-5-3-4-8-17-13/h3-10,14,16H,2,11H2,1H3. The highest BCUT2D eigenvalue weighted by Crippen LogP contribution is 2.16. The van der Waals surface area contributed by atoms with E-state index in [0.29, 0.717) is 6.04 Å². The predicted molar refractivity (Wildman–Crippen MR) is 68.6 cm³/mol. The minimum Gasteiger partial charge on any atom is -0.310 e. The van der Waals surface area contributed by atoms with Gasteiger partial charge in [0.05, 0.1) is 0 Å². The molecule has 0 aliphatic heterocycles. The number of pyridine rings is 2. The van der Waals surface area contributed by atoms with E-state index in [-0.39, 0.29) is 0 Å². The third-order valence-electron chi connectivity index (χ3n) is 2.70. The fraction of sp³-hybridized carbons (Fsp3) is 0.286. The fourth-order valence-electron chi connectivity index (χ4n) is 1.88. The van der Waals surface area contributed by atoms with Crippen molar-refractivity contribution in [2.24, 2.45) is 0 Å². The van der Waals surface area contributed by atoms with Crippen LogP contribution in [-0.4, -0.2) is 16.5 Å². The smallest absolute Gasteiger partial charge is 0.0422 e. The molecule has 0 saturated heterocycles. The van der Waals surface area contributed by atoms with E-state index in [2.05, 4.69) is 40.4 Å². The lowest BCUT2D eigenvalue weighted by Crippen LogP contribution is -2.23. The predicted octanol–water partition coefficient (Wildman–Crippen LogP) is 2.37. The van der Waals surface area contributed by atoms with E-state index in [1.807, 2.05) is 30.7 Å². The number of hydrogen-bond donors (Lipinski definition) is 1. The molecular weight excluding hydrogens is 210 g/mol. The van der Waals surface area contributed by atoms with E-state index in [1.165, 1.54) is 5.56 Å². The van der Waals surface area contributed by atoms with E-state index in [1.54, 1.807) is 0 Å². The van der Waals surface area contributed by atoms with Gasteiger partial charge in [0.25, 0.3) is 0 Å². The molecule has 0 amide bonds. The van der Waals surface area contributed by atoms with Gasteiger partial charge in [-0.05, 0) is 36.4 Å². The Hall–Kier alpha value is -1.74. The third-order valence-corrected chi connectivity index (χ3v) is 2.70. The number of nitrogens with zero attached hydrogens (tertiary/aromatic N) is 2. The van der Waals surface area contributed by atoms with E-state index >= 15 is 0 Å². The van der Waals surface area contributed by atoms with Crippen LogP contribution < -0.4 is 5.32 Å². The average molecular weight is 227 g/mol. The number of aromatic nitrogens is 2. The summed E-state index contributed by atoms with van der Waals surface area (Å²) in [5.41, 5.74) is 2.36. The zero-order valence-corrected chi connectivity index (χ0v) is 10.0. The molecule has 1 N–H and O–H groups in total. The molecule has 3 nitrogen and oxygen atoms in total. The zero-order valence-electron chi connectivity index (χ0n) is 10.0. The summed E-state index contributed by atoms with van der Waals surface area (Å²) in [6.07, 6.45) is 6.40. The first kappa shape index (κ1) is 11.7. The Balaban J connectivity index is 2.13. The van der Waals surface area contributed by atoms with Crippen LogP contribution in [0.2, 0.25) is 0 Å². The summed E-state index contributed by atoms with van der Waals surface area (Å²) in [7, 11) is 0. The lowest BCUT2D eigenvalue weighted by molar-refractivity contribution is 0.543. The highest BCUT2D eigenvalue weighted by atomic mass is 14.9. The Kier molecular flexibility index (Phi) is 4.22. The van der Waals surface area contributed by atoms with Gasteiger partial charge in [0, 0.05) is 36.7 Å². The normalized spacial score (nSPS) is 12.3. The van der Waals surface area contributed by atoms with Crippen molar-refractivity contribution in [3.05, 3.63) is 60.2 Å². The van der Waals surface area contributed by atoms with Crippen molar-refractivity contribution < 1.29 is 0 Å². The third kappa shape index (κ3) is 3.36. The molecule has 0 radical (unpaired) electrons. The molecule has 0 saturated carbocycles. The van der Waals surface area contributed by atoms with Crippen LogP contribution in [0.5, 0.6) is 0 Å². The van der Waals surface area contributed by atoms with Crippen molar-refractivity contribution in [3.8, 4) is 0 Å². The highest BCUT2D eigenvalue weighted by Gasteiger charge is 2.11. The molecule has 0 fully saturated rings. The van der Waals surface area contributed by atoms with Gasteiger partial charge in [-0.2, -0.15) is 0 Å². The van der Waals surface area contributed by atoms with Crippen molar-refractivity contribution in [2.75, 3.05) is 6.54 Å². The van der Waals surface area contributed by atoms with Crippen molar-refractivity contribution in [1.29, 1.82) is 0 Å². The zero-order chi connectivity index (χ0) is 11.9. The number of hydrogen-bond acceptors (Lipinski definition) is 3. The molecular formula is C14H17N3. The second kappa shape index (κ2) is 6.11. The summed E-state index contributed by atoms with van der Waals surface area (Å²) in [4.78, 5) is 8.42. The van der Waals surface area contributed by atoms with Gasteiger partial charge in [0.1, 0.15) is 0 Å². The molecule has 2 aromatic rings. The quantitative estimate of drug-likeness (QED) is 0.852. The minimum atomic E-state index is 0.304. The number of nitrogens with one attached hydrogen (secondary N) is 1. The SMILES string of the molecule is CCNC(Cc1ccccn1)c1ccncc1. The summed E-state index contributed by atoms with van der Waals surface area (Å²) in [6.45, 7) is 3.06. The van der Waals surface area contributed by atoms with Gasteiger partial charge in [0.15, 0.2) is 0 Å². The second-order valence-corrected chi connectivity index (χ2v) is 3.92. The van der Waals surface area contributed by atoms with Crippen LogP contribution in [0.15, 0.2) is 48.9 Å². The Morgan fingerprint density at radius 3 is 2.59 bits per heavy atom. The molecule has 0 aliphatic carbocycles. The maximum absolute atomic E-state index is 4.37. The molecule has 0 spiro atoms. The first-order valence-corrected chi connectivity index (χ1v) is 5.93. The molecule has 2 rings (SSSR count). The number of likely N-dealkylation sites (N-methyl/N-ethyl adjacent to an activating group) is 1. The van der Waals surface area contributed by atoms with E-state index in [4.69, 9.17) is 0 Å². The van der Waals surface area contributed by atoms with Crippen LogP contribution in [0.4, 0.5) is 0 Å². The van der Waals surface area contributed by atoms with Crippen molar-refractivity contribution in [3.63, 3.8) is 0 Å². The molecule has 3 heteroatoms. The van der Waals surface area contributed by atoms with Gasteiger partial charge >= 0.3 is 0 Å². The Bertz CT molecular complexity index is 428. The number of rotatable bonds is 5. The first-order valence-electron chi connectivity index (χ1n) is 5.93. The summed E-state index contributed by atoms with van der Waals surface area (Å²) in [5.74, 6) is 0. The largest absolute Gasteiger partial charge is 0.310 e. The second-order valence-electron chi connectivity index (χ2n) is 3.92. The monoisotopic (exact) mass is 227 g/mol. The van der Waals surface area contributed by atoms with E-state index in [9.17, 15) is 0 Å². The Labute approximate surface area is 102 Å². The maximum atomic E-state index is 4.37. The maximum Gasteiger partial charge on any atom is 0.0422 e. The van der Waals surface area contributed by atoms with Gasteiger partial charge in [-0.15, -0.1) is 0 Å². The molecule has 88 valence electrons. The van der Waals surface area contributed by atoms with Gasteiger partial charge in [-0.3, -0.25) is 9.97 Å². The van der Waals surface area contributed by atoms with E-state index < -0.39 is 0 Å². The highest BCUT2D eigenvalue weighted by molar-refractivity contribution is 5.18. The van der Waals surface area contributed by atoms with Crippen LogP contribution in [0.1, 0.15) is 24.2 Å². The molecule has 0 aromatic carbocycles. The van der Waals surface area contributed by atoms with Crippen LogP contribution >= 0.6 is 0 Å². The topological polar surface area (TPSA) is 37.8 Å². The van der Waals surface area contributed by atoms with Crippen LogP contribution in [0.25, 0.3) is 0 Å².